The molecular formula is C20H28N4O4. The Labute approximate surface area is 164 Å². The van der Waals surface area contributed by atoms with Crippen molar-refractivity contribution in [1.29, 1.82) is 0 Å². The minimum Gasteiger partial charge on any atom is -0.481 e. The molecule has 8 nitrogen and oxygen atoms in total. The second-order valence-corrected chi connectivity index (χ2v) is 6.84. The Balaban J connectivity index is 1.68. The third-order valence-corrected chi connectivity index (χ3v) is 4.49. The summed E-state index contributed by atoms with van der Waals surface area (Å²) in [5, 5.41) is 14.2. The minimum atomic E-state index is -0.791. The zero-order valence-corrected chi connectivity index (χ0v) is 16.5. The van der Waals surface area contributed by atoms with Crippen molar-refractivity contribution < 1.29 is 19.5 Å². The Morgan fingerprint density at radius 1 is 1.04 bits per heavy atom. The number of carboxylic acids is 1. The molecule has 3 N–H and O–H groups in total. The SMILES string of the molecule is Cc1nc2c(C)cccn2c1C(=O)NCCCC(=O)NCCCCCC(=O)O. The third-order valence-electron chi connectivity index (χ3n) is 4.49. The number of imidazole rings is 1. The van der Waals surface area contributed by atoms with Crippen molar-refractivity contribution in [1.82, 2.24) is 20.0 Å². The second kappa shape index (κ2) is 10.4. The van der Waals surface area contributed by atoms with Gasteiger partial charge in [0.2, 0.25) is 5.91 Å². The first-order valence-corrected chi connectivity index (χ1v) is 9.61. The zero-order valence-electron chi connectivity index (χ0n) is 16.5. The summed E-state index contributed by atoms with van der Waals surface area (Å²) in [4.78, 5) is 39.2. The van der Waals surface area contributed by atoms with E-state index < -0.39 is 5.97 Å². The van der Waals surface area contributed by atoms with Crippen LogP contribution in [0.5, 0.6) is 0 Å². The molecular weight excluding hydrogens is 360 g/mol. The maximum Gasteiger partial charge on any atom is 0.303 e. The Morgan fingerprint density at radius 3 is 2.54 bits per heavy atom. The van der Waals surface area contributed by atoms with Crippen LogP contribution in [-0.2, 0) is 9.59 Å². The van der Waals surface area contributed by atoms with Gasteiger partial charge in [0.15, 0.2) is 0 Å². The maximum atomic E-state index is 12.5. The molecule has 0 saturated carbocycles. The number of rotatable bonds is 11. The van der Waals surface area contributed by atoms with Gasteiger partial charge in [0.1, 0.15) is 11.3 Å². The monoisotopic (exact) mass is 388 g/mol. The molecule has 0 saturated heterocycles. The van der Waals surface area contributed by atoms with Gasteiger partial charge in [0.25, 0.3) is 5.91 Å². The maximum absolute atomic E-state index is 12.5. The van der Waals surface area contributed by atoms with Gasteiger partial charge in [-0.3, -0.25) is 18.8 Å². The van der Waals surface area contributed by atoms with Gasteiger partial charge >= 0.3 is 5.97 Å². The number of aryl methyl sites for hydroxylation is 2. The number of aliphatic carboxylic acids is 1. The van der Waals surface area contributed by atoms with Crippen LogP contribution in [0.1, 0.15) is 60.3 Å². The number of pyridine rings is 1. The van der Waals surface area contributed by atoms with E-state index in [-0.39, 0.29) is 18.2 Å². The van der Waals surface area contributed by atoms with Crippen LogP contribution in [0.2, 0.25) is 0 Å². The highest BCUT2D eigenvalue weighted by Crippen LogP contribution is 2.15. The Morgan fingerprint density at radius 2 is 1.79 bits per heavy atom. The van der Waals surface area contributed by atoms with E-state index >= 15 is 0 Å². The van der Waals surface area contributed by atoms with E-state index in [4.69, 9.17) is 5.11 Å². The first kappa shape index (κ1) is 21.4. The van der Waals surface area contributed by atoms with E-state index in [0.717, 1.165) is 24.1 Å². The molecule has 2 rings (SSSR count). The van der Waals surface area contributed by atoms with Gasteiger partial charge in [-0.1, -0.05) is 12.5 Å². The average Bonchev–Trinajstić information content (AvgIpc) is 2.98. The average molecular weight is 388 g/mol. The molecule has 2 amide bonds. The number of nitrogens with zero attached hydrogens (tertiary/aromatic N) is 2. The number of aromatic nitrogens is 2. The largest absolute Gasteiger partial charge is 0.481 e. The van der Waals surface area contributed by atoms with Gasteiger partial charge in [0, 0.05) is 32.1 Å². The summed E-state index contributed by atoms with van der Waals surface area (Å²) in [7, 11) is 0. The highest BCUT2D eigenvalue weighted by Gasteiger charge is 2.16. The normalized spacial score (nSPS) is 10.8. The summed E-state index contributed by atoms with van der Waals surface area (Å²) in [6, 6.07) is 3.83. The van der Waals surface area contributed by atoms with E-state index in [9.17, 15) is 14.4 Å². The van der Waals surface area contributed by atoms with E-state index in [0.29, 0.717) is 43.7 Å². The molecule has 0 aliphatic rings. The van der Waals surface area contributed by atoms with E-state index in [1.807, 2.05) is 32.2 Å². The van der Waals surface area contributed by atoms with Crippen LogP contribution in [0.15, 0.2) is 18.3 Å². The molecule has 2 heterocycles. The smallest absolute Gasteiger partial charge is 0.303 e. The van der Waals surface area contributed by atoms with Crippen molar-refractivity contribution >= 4 is 23.4 Å². The highest BCUT2D eigenvalue weighted by atomic mass is 16.4. The molecule has 0 bridgehead atoms. The summed E-state index contributed by atoms with van der Waals surface area (Å²) < 4.78 is 1.79. The first-order valence-electron chi connectivity index (χ1n) is 9.61. The number of carboxylic acid groups (broad SMARTS) is 1. The van der Waals surface area contributed by atoms with Gasteiger partial charge in [-0.2, -0.15) is 0 Å². The first-order chi connectivity index (χ1) is 13.4. The van der Waals surface area contributed by atoms with E-state index in [1.54, 1.807) is 4.40 Å². The molecule has 0 aliphatic carbocycles. The van der Waals surface area contributed by atoms with Gasteiger partial charge in [-0.15, -0.1) is 0 Å². The summed E-state index contributed by atoms with van der Waals surface area (Å²) in [5.74, 6) is -1.05. The summed E-state index contributed by atoms with van der Waals surface area (Å²) in [6.07, 6.45) is 5.04. The predicted octanol–water partition coefficient (Wildman–Crippen LogP) is 2.22. The summed E-state index contributed by atoms with van der Waals surface area (Å²) >= 11 is 0. The van der Waals surface area contributed by atoms with Gasteiger partial charge in [-0.05, 0) is 44.7 Å². The Bertz CT molecular complexity index is 844. The zero-order chi connectivity index (χ0) is 20.5. The van der Waals surface area contributed by atoms with Crippen molar-refractivity contribution in [3.05, 3.63) is 35.3 Å². The Kier molecular flexibility index (Phi) is 7.98. The minimum absolute atomic E-state index is 0.0610. The van der Waals surface area contributed by atoms with Crippen LogP contribution < -0.4 is 10.6 Å². The number of fused-ring (bicyclic) bond motifs is 1. The Hall–Kier alpha value is -2.90. The fourth-order valence-electron chi connectivity index (χ4n) is 3.02. The molecule has 28 heavy (non-hydrogen) atoms. The quantitative estimate of drug-likeness (QED) is 0.511. The van der Waals surface area contributed by atoms with Crippen molar-refractivity contribution in [3.63, 3.8) is 0 Å². The van der Waals surface area contributed by atoms with Crippen molar-refractivity contribution in [2.75, 3.05) is 13.1 Å². The molecule has 0 aliphatic heterocycles. The van der Waals surface area contributed by atoms with E-state index in [2.05, 4.69) is 15.6 Å². The number of nitrogens with one attached hydrogen (secondary N) is 2. The molecule has 2 aromatic heterocycles. The van der Waals surface area contributed by atoms with Gasteiger partial charge in [-0.25, -0.2) is 4.98 Å². The van der Waals surface area contributed by atoms with E-state index in [1.165, 1.54) is 0 Å². The number of amides is 2. The molecule has 0 fully saturated rings. The van der Waals surface area contributed by atoms with Crippen molar-refractivity contribution in [2.45, 2.75) is 52.4 Å². The van der Waals surface area contributed by atoms with Crippen LogP contribution in [0, 0.1) is 13.8 Å². The molecule has 0 aromatic carbocycles. The fourth-order valence-corrected chi connectivity index (χ4v) is 3.02. The third kappa shape index (κ3) is 6.07. The van der Waals surface area contributed by atoms with Crippen LogP contribution >= 0.6 is 0 Å². The molecule has 0 radical (unpaired) electrons. The second-order valence-electron chi connectivity index (χ2n) is 6.84. The van der Waals surface area contributed by atoms with Crippen molar-refractivity contribution in [2.24, 2.45) is 0 Å². The molecule has 152 valence electrons. The highest BCUT2D eigenvalue weighted by molar-refractivity contribution is 5.94. The lowest BCUT2D eigenvalue weighted by Gasteiger charge is -2.07. The van der Waals surface area contributed by atoms with Crippen molar-refractivity contribution in [3.8, 4) is 0 Å². The molecule has 8 heteroatoms. The van der Waals surface area contributed by atoms with Crippen LogP contribution in [0.25, 0.3) is 5.65 Å². The summed E-state index contributed by atoms with van der Waals surface area (Å²) in [6.45, 7) is 4.72. The standard InChI is InChI=1S/C20H28N4O4/c1-14-8-7-13-24-18(15(2)23-19(14)24)20(28)22-12-6-9-16(25)21-11-5-3-4-10-17(26)27/h7-8,13H,3-6,9-12H2,1-2H3,(H,21,25)(H,22,28)(H,26,27). The van der Waals surface area contributed by atoms with Crippen LogP contribution in [-0.4, -0.2) is 45.4 Å². The molecule has 0 unspecified atom stereocenters. The van der Waals surface area contributed by atoms with Crippen LogP contribution in [0.3, 0.4) is 0 Å². The number of carbonyl (C=O) groups is 3. The lowest BCUT2D eigenvalue weighted by atomic mass is 10.2. The fraction of sp³-hybridized carbons (Fsp3) is 0.500. The lowest BCUT2D eigenvalue weighted by molar-refractivity contribution is -0.137. The number of hydrogen-bond donors (Lipinski definition) is 3. The molecule has 0 spiro atoms. The predicted molar refractivity (Wildman–Crippen MR) is 105 cm³/mol. The van der Waals surface area contributed by atoms with Gasteiger partial charge in [0.05, 0.1) is 5.69 Å². The number of carbonyl (C=O) groups excluding carboxylic acids is 2. The van der Waals surface area contributed by atoms with Crippen LogP contribution in [0.4, 0.5) is 0 Å². The topological polar surface area (TPSA) is 113 Å². The number of unbranched alkanes of at least 4 members (excludes halogenated alkanes) is 2. The number of hydrogen-bond acceptors (Lipinski definition) is 4. The molecule has 2 aromatic rings. The molecule has 0 atom stereocenters. The summed E-state index contributed by atoms with van der Waals surface area (Å²) in [5.41, 5.74) is 2.97. The lowest BCUT2D eigenvalue weighted by Crippen LogP contribution is -2.29. The van der Waals surface area contributed by atoms with Gasteiger partial charge < -0.3 is 15.7 Å².